The first kappa shape index (κ1) is 19.8. The number of rotatable bonds is 5. The Kier molecular flexibility index (Phi) is 5.30. The Morgan fingerprint density at radius 3 is 2.52 bits per heavy atom. The number of halogens is 2. The Morgan fingerprint density at radius 2 is 1.79 bits per heavy atom. The summed E-state index contributed by atoms with van der Waals surface area (Å²) in [4.78, 5) is 27.7. The molecule has 0 radical (unpaired) electrons. The predicted octanol–water partition coefficient (Wildman–Crippen LogP) is 5.11. The lowest BCUT2D eigenvalue weighted by Gasteiger charge is -2.23. The van der Waals surface area contributed by atoms with Gasteiger partial charge < -0.3 is 10.0 Å². The van der Waals surface area contributed by atoms with E-state index in [9.17, 15) is 14.7 Å². The highest BCUT2D eigenvalue weighted by molar-refractivity contribution is 9.10. The van der Waals surface area contributed by atoms with Gasteiger partial charge in [-0.05, 0) is 35.9 Å². The van der Waals surface area contributed by atoms with Crippen molar-refractivity contribution >= 4 is 44.9 Å². The average molecular weight is 471 g/mol. The van der Waals surface area contributed by atoms with Crippen LogP contribution in [0.1, 0.15) is 27.9 Å². The zero-order chi connectivity index (χ0) is 20.6. The summed E-state index contributed by atoms with van der Waals surface area (Å²) in [6.07, 6.45) is -0.360. The van der Waals surface area contributed by atoms with E-state index in [1.807, 2.05) is 36.4 Å². The molecule has 146 valence electrons. The van der Waals surface area contributed by atoms with Crippen LogP contribution in [0.5, 0.6) is 0 Å². The van der Waals surface area contributed by atoms with Crippen molar-refractivity contribution in [2.75, 3.05) is 4.90 Å². The normalized spacial score (nSPS) is 18.0. The van der Waals surface area contributed by atoms with Crippen LogP contribution in [0.15, 0.2) is 77.3 Å². The van der Waals surface area contributed by atoms with Gasteiger partial charge in [-0.1, -0.05) is 70.0 Å². The van der Waals surface area contributed by atoms with E-state index in [0.717, 1.165) is 10.0 Å². The molecule has 0 spiro atoms. The summed E-state index contributed by atoms with van der Waals surface area (Å²) < 4.78 is 0.752. The highest BCUT2D eigenvalue weighted by Gasteiger charge is 2.51. The van der Waals surface area contributed by atoms with Crippen molar-refractivity contribution in [2.45, 2.75) is 18.6 Å². The number of hydrogen-bond donors (Lipinski definition) is 1. The summed E-state index contributed by atoms with van der Waals surface area (Å²) in [5.41, 5.74) is 0.297. The zero-order valence-electron chi connectivity index (χ0n) is 15.3. The maximum absolute atomic E-state index is 13.3. The number of fused-ring (bicyclic) bond motifs is 1. The third kappa shape index (κ3) is 3.73. The molecule has 4 rings (SSSR count). The van der Waals surface area contributed by atoms with E-state index in [1.165, 1.54) is 4.90 Å². The standard InChI is InChI=1S/C23H17BrClNO3/c24-17-8-4-7-16(11-17)21(27)13-23(29)19-12-18(25)9-10-20(19)26(22(23)28)14-15-5-2-1-3-6-15/h1-12,29H,13-14H2/t23-/m0/s1. The molecule has 3 aromatic carbocycles. The molecule has 0 saturated heterocycles. The highest BCUT2D eigenvalue weighted by atomic mass is 79.9. The number of nitrogens with zero attached hydrogens (tertiary/aromatic N) is 1. The minimum atomic E-state index is -1.96. The molecule has 1 aliphatic rings. The molecule has 0 saturated carbocycles. The van der Waals surface area contributed by atoms with Gasteiger partial charge in [-0.2, -0.15) is 0 Å². The molecule has 4 nitrogen and oxygen atoms in total. The summed E-state index contributed by atoms with van der Waals surface area (Å²) in [5, 5.41) is 11.8. The van der Waals surface area contributed by atoms with Crippen molar-refractivity contribution < 1.29 is 14.7 Å². The average Bonchev–Trinajstić information content (AvgIpc) is 2.90. The van der Waals surface area contributed by atoms with E-state index in [-0.39, 0.29) is 12.2 Å². The van der Waals surface area contributed by atoms with Gasteiger partial charge >= 0.3 is 0 Å². The van der Waals surface area contributed by atoms with Crippen molar-refractivity contribution in [3.63, 3.8) is 0 Å². The summed E-state index contributed by atoms with van der Waals surface area (Å²) in [6.45, 7) is 0.293. The first-order valence-corrected chi connectivity index (χ1v) is 10.2. The summed E-state index contributed by atoms with van der Waals surface area (Å²) in [7, 11) is 0. The summed E-state index contributed by atoms with van der Waals surface area (Å²) in [5.74, 6) is -0.850. The number of hydrogen-bond acceptors (Lipinski definition) is 3. The molecule has 6 heteroatoms. The van der Waals surface area contributed by atoms with E-state index in [0.29, 0.717) is 28.4 Å². The SMILES string of the molecule is O=C(C[C@@]1(O)C(=O)N(Cc2ccccc2)c2ccc(Cl)cc21)c1cccc(Br)c1. The van der Waals surface area contributed by atoms with Crippen molar-refractivity contribution in [1.29, 1.82) is 0 Å². The Morgan fingerprint density at radius 1 is 1.03 bits per heavy atom. The van der Waals surface area contributed by atoms with Crippen LogP contribution in [0.4, 0.5) is 5.69 Å². The third-order valence-electron chi connectivity index (χ3n) is 5.04. The highest BCUT2D eigenvalue weighted by Crippen LogP contribution is 2.44. The monoisotopic (exact) mass is 469 g/mol. The molecule has 29 heavy (non-hydrogen) atoms. The van der Waals surface area contributed by atoms with Gasteiger partial charge in [-0.25, -0.2) is 0 Å². The molecule has 1 aliphatic heterocycles. The number of Topliss-reactive ketones (excluding diaryl/α,β-unsaturated/α-hetero) is 1. The first-order valence-electron chi connectivity index (χ1n) is 9.05. The van der Waals surface area contributed by atoms with Crippen LogP contribution < -0.4 is 4.90 Å². The minimum Gasteiger partial charge on any atom is -0.375 e. The van der Waals surface area contributed by atoms with E-state index in [2.05, 4.69) is 15.9 Å². The van der Waals surface area contributed by atoms with Gasteiger partial charge in [0.05, 0.1) is 18.7 Å². The van der Waals surface area contributed by atoms with Crippen molar-refractivity contribution in [3.8, 4) is 0 Å². The maximum atomic E-state index is 13.3. The molecule has 0 aliphatic carbocycles. The second-order valence-corrected chi connectivity index (χ2v) is 8.36. The minimum absolute atomic E-state index is 0.293. The molecule has 0 unspecified atom stereocenters. The number of ketones is 1. The van der Waals surface area contributed by atoms with E-state index in [4.69, 9.17) is 11.6 Å². The lowest BCUT2D eigenvalue weighted by molar-refractivity contribution is -0.136. The van der Waals surface area contributed by atoms with Crippen molar-refractivity contribution in [3.05, 3.63) is 99.0 Å². The summed E-state index contributed by atoms with van der Waals surface area (Å²) >= 11 is 9.49. The van der Waals surface area contributed by atoms with Crippen LogP contribution in [0.3, 0.4) is 0 Å². The van der Waals surface area contributed by atoms with Crippen LogP contribution in [-0.4, -0.2) is 16.8 Å². The second kappa shape index (κ2) is 7.75. The Bertz CT molecular complexity index is 1100. The van der Waals surface area contributed by atoms with Crippen LogP contribution >= 0.6 is 27.5 Å². The quantitative estimate of drug-likeness (QED) is 0.527. The second-order valence-electron chi connectivity index (χ2n) is 7.01. The van der Waals surface area contributed by atoms with Gasteiger partial charge in [-0.15, -0.1) is 0 Å². The van der Waals surface area contributed by atoms with Gasteiger partial charge in [0.15, 0.2) is 11.4 Å². The van der Waals surface area contributed by atoms with Gasteiger partial charge in [0.2, 0.25) is 0 Å². The molecular formula is C23H17BrClNO3. The van der Waals surface area contributed by atoms with E-state index >= 15 is 0 Å². The van der Waals surface area contributed by atoms with Crippen molar-refractivity contribution in [1.82, 2.24) is 0 Å². The van der Waals surface area contributed by atoms with E-state index in [1.54, 1.807) is 36.4 Å². The van der Waals surface area contributed by atoms with Gasteiger partial charge in [0.1, 0.15) is 0 Å². The lowest BCUT2D eigenvalue weighted by Crippen LogP contribution is -2.41. The van der Waals surface area contributed by atoms with Crippen LogP contribution in [0.2, 0.25) is 5.02 Å². The molecule has 1 atom stereocenters. The first-order chi connectivity index (χ1) is 13.9. The number of carbonyl (C=O) groups excluding carboxylic acids is 2. The van der Waals surface area contributed by atoms with Gasteiger partial charge in [-0.3, -0.25) is 9.59 Å². The lowest BCUT2D eigenvalue weighted by atomic mass is 9.88. The Labute approximate surface area is 181 Å². The molecule has 1 amide bonds. The zero-order valence-corrected chi connectivity index (χ0v) is 17.7. The third-order valence-corrected chi connectivity index (χ3v) is 5.77. The van der Waals surface area contributed by atoms with Crippen LogP contribution in [-0.2, 0) is 16.9 Å². The van der Waals surface area contributed by atoms with Crippen LogP contribution in [0.25, 0.3) is 0 Å². The van der Waals surface area contributed by atoms with Gasteiger partial charge in [0.25, 0.3) is 5.91 Å². The molecule has 0 bridgehead atoms. The molecule has 0 fully saturated rings. The fourth-order valence-corrected chi connectivity index (χ4v) is 4.18. The number of amides is 1. The largest absolute Gasteiger partial charge is 0.375 e. The number of anilines is 1. The predicted molar refractivity (Wildman–Crippen MR) is 116 cm³/mol. The Hall–Kier alpha value is -2.47. The maximum Gasteiger partial charge on any atom is 0.264 e. The Balaban J connectivity index is 1.72. The fraction of sp³-hybridized carbons (Fsp3) is 0.130. The molecule has 1 heterocycles. The van der Waals surface area contributed by atoms with Crippen LogP contribution in [0, 0.1) is 0 Å². The van der Waals surface area contributed by atoms with E-state index < -0.39 is 11.5 Å². The fourth-order valence-electron chi connectivity index (χ4n) is 3.61. The number of carbonyl (C=O) groups is 2. The summed E-state index contributed by atoms with van der Waals surface area (Å²) in [6, 6.07) is 21.3. The molecule has 1 N–H and O–H groups in total. The molecule has 0 aromatic heterocycles. The smallest absolute Gasteiger partial charge is 0.264 e. The molecule has 3 aromatic rings. The van der Waals surface area contributed by atoms with Gasteiger partial charge in [0, 0.05) is 20.6 Å². The molecular weight excluding hydrogens is 454 g/mol. The number of aliphatic hydroxyl groups is 1. The topological polar surface area (TPSA) is 57.6 Å². The van der Waals surface area contributed by atoms with Crippen molar-refractivity contribution in [2.24, 2.45) is 0 Å². The number of benzene rings is 3.